The van der Waals surface area contributed by atoms with Gasteiger partial charge in [0.1, 0.15) is 16.7 Å². The quantitative estimate of drug-likeness (QED) is 0.200. The molecule has 6 aromatic carbocycles. The van der Waals surface area contributed by atoms with E-state index < -0.39 is 0 Å². The molecule has 228 valence electrons. The van der Waals surface area contributed by atoms with Crippen molar-refractivity contribution in [2.24, 2.45) is 0 Å². The first-order valence-corrected chi connectivity index (χ1v) is 15.7. The van der Waals surface area contributed by atoms with Crippen molar-refractivity contribution >= 4 is 33.0 Å². The molecule has 0 amide bonds. The van der Waals surface area contributed by atoms with E-state index in [9.17, 15) is 5.11 Å². The summed E-state index contributed by atoms with van der Waals surface area (Å²) in [6.07, 6.45) is 1.81. The predicted molar refractivity (Wildman–Crippen MR) is 191 cm³/mol. The van der Waals surface area contributed by atoms with Gasteiger partial charge in [-0.15, -0.1) is 0 Å². The Bertz CT molecular complexity index is 2530. The zero-order chi connectivity index (χ0) is 32.0. The molecule has 0 aliphatic rings. The number of furan rings is 1. The molecule has 0 bridgehead atoms. The Morgan fingerprint density at radius 2 is 1.33 bits per heavy atom. The van der Waals surface area contributed by atoms with Crippen LogP contribution in [0.3, 0.4) is 0 Å². The molecule has 0 saturated heterocycles. The van der Waals surface area contributed by atoms with Gasteiger partial charge in [0.25, 0.3) is 0 Å². The van der Waals surface area contributed by atoms with Crippen molar-refractivity contribution in [3.05, 3.63) is 158 Å². The number of phenolic OH excluding ortho intramolecular Hbond substituents is 1. The minimum Gasteiger partial charge on any atom is -0.504 e. The number of pyridine rings is 1. The molecule has 6 heteroatoms. The number of ether oxygens (including phenoxy) is 1. The van der Waals surface area contributed by atoms with Crippen molar-refractivity contribution in [1.29, 1.82) is 0 Å². The Hall–Kier alpha value is -6.66. The average Bonchev–Trinajstić information content (AvgIpc) is 3.70. The van der Waals surface area contributed by atoms with Gasteiger partial charge in [-0.2, -0.15) is 4.98 Å². The molecule has 3 heterocycles. The van der Waals surface area contributed by atoms with Crippen molar-refractivity contribution in [2.45, 2.75) is 0 Å². The van der Waals surface area contributed by atoms with Crippen LogP contribution in [-0.2, 0) is 0 Å². The molecule has 0 aliphatic carbocycles. The van der Waals surface area contributed by atoms with E-state index in [1.807, 2.05) is 120 Å². The molecule has 0 saturated carbocycles. The van der Waals surface area contributed by atoms with Gasteiger partial charge in [0.15, 0.2) is 11.5 Å². The molecule has 0 unspecified atom stereocenters. The van der Waals surface area contributed by atoms with Gasteiger partial charge in [0, 0.05) is 34.2 Å². The Morgan fingerprint density at radius 1 is 0.583 bits per heavy atom. The van der Waals surface area contributed by atoms with Gasteiger partial charge in [-0.25, -0.2) is 0 Å². The molecule has 0 atom stereocenters. The van der Waals surface area contributed by atoms with Crippen LogP contribution in [0.4, 0.5) is 0 Å². The minimum absolute atomic E-state index is 0.0380. The number of aromatic hydroxyl groups is 1. The number of benzene rings is 6. The van der Waals surface area contributed by atoms with Gasteiger partial charge in [0.2, 0.25) is 0 Å². The highest BCUT2D eigenvalue weighted by Gasteiger charge is 2.21. The fraction of sp³-hybridized carbons (Fsp3) is 0. The van der Waals surface area contributed by atoms with E-state index in [1.165, 1.54) is 0 Å². The predicted octanol–water partition coefficient (Wildman–Crippen LogP) is 10.8. The third kappa shape index (κ3) is 4.75. The van der Waals surface area contributed by atoms with Gasteiger partial charge < -0.3 is 14.3 Å². The molecule has 3 aromatic heterocycles. The Labute approximate surface area is 275 Å². The zero-order valence-electron chi connectivity index (χ0n) is 25.6. The monoisotopic (exact) mass is 621 g/mol. The van der Waals surface area contributed by atoms with E-state index in [0.717, 1.165) is 66.6 Å². The lowest BCUT2D eigenvalue weighted by atomic mass is 9.94. The third-order valence-corrected chi connectivity index (χ3v) is 8.64. The lowest BCUT2D eigenvalue weighted by Crippen LogP contribution is -1.98. The van der Waals surface area contributed by atoms with Crippen LogP contribution in [0.15, 0.2) is 162 Å². The Balaban J connectivity index is 1.25. The lowest BCUT2D eigenvalue weighted by molar-refractivity contribution is 0.390. The number of hydrogen-bond donors (Lipinski definition) is 1. The summed E-state index contributed by atoms with van der Waals surface area (Å²) in [7, 11) is 0. The lowest BCUT2D eigenvalue weighted by Gasteiger charge is -2.12. The number of phenols is 1. The summed E-state index contributed by atoms with van der Waals surface area (Å²) in [5.41, 5.74) is 9.88. The molecule has 1 N–H and O–H groups in total. The SMILES string of the molecule is Oc1cc2oc3ccccc3c2cc1Oc1nc2c(-c3cc(-c4ccccc4)cc(-c4ccccn4)c3)cccc2n1-c1ccccc1. The van der Waals surface area contributed by atoms with Gasteiger partial charge in [-0.3, -0.25) is 9.55 Å². The number of imidazole rings is 1. The second-order valence-corrected chi connectivity index (χ2v) is 11.6. The highest BCUT2D eigenvalue weighted by molar-refractivity contribution is 6.06. The third-order valence-electron chi connectivity index (χ3n) is 8.64. The van der Waals surface area contributed by atoms with Crippen LogP contribution in [0.1, 0.15) is 0 Å². The van der Waals surface area contributed by atoms with Crippen molar-refractivity contribution in [2.75, 3.05) is 0 Å². The first-order chi connectivity index (χ1) is 23.7. The van der Waals surface area contributed by atoms with Crippen LogP contribution < -0.4 is 4.74 Å². The standard InChI is InChI=1S/C42H27N3O3/c46-37-26-39-34(33-16-7-8-20-38(33)47-39)25-40(37)48-42-44-41-32(17-11-19-36(41)45(42)31-14-5-2-6-15-31)29-22-28(27-12-3-1-4-13-27)23-30(24-29)35-18-9-10-21-43-35/h1-26,46H. The fourth-order valence-corrected chi connectivity index (χ4v) is 6.39. The fourth-order valence-electron chi connectivity index (χ4n) is 6.39. The Kier molecular flexibility index (Phi) is 6.50. The van der Waals surface area contributed by atoms with E-state index in [-0.39, 0.29) is 11.5 Å². The van der Waals surface area contributed by atoms with E-state index in [0.29, 0.717) is 11.6 Å². The first kappa shape index (κ1) is 27.6. The van der Waals surface area contributed by atoms with Gasteiger partial charge >= 0.3 is 6.01 Å². The molecule has 0 radical (unpaired) electrons. The van der Waals surface area contributed by atoms with Crippen LogP contribution in [0.5, 0.6) is 17.5 Å². The topological polar surface area (TPSA) is 73.3 Å². The summed E-state index contributed by atoms with van der Waals surface area (Å²) < 4.78 is 14.5. The van der Waals surface area contributed by atoms with Crippen LogP contribution in [0.25, 0.3) is 72.2 Å². The summed E-state index contributed by atoms with van der Waals surface area (Å²) in [5.74, 6) is 0.246. The highest BCUT2D eigenvalue weighted by Crippen LogP contribution is 2.42. The summed E-state index contributed by atoms with van der Waals surface area (Å²) in [5, 5.41) is 12.9. The number of para-hydroxylation sites is 3. The molecule has 0 fully saturated rings. The van der Waals surface area contributed by atoms with Gasteiger partial charge in [-0.05, 0) is 77.4 Å². The maximum Gasteiger partial charge on any atom is 0.307 e. The minimum atomic E-state index is -0.0380. The second kappa shape index (κ2) is 11.3. The van der Waals surface area contributed by atoms with Crippen molar-refractivity contribution < 1.29 is 14.3 Å². The smallest absolute Gasteiger partial charge is 0.307 e. The van der Waals surface area contributed by atoms with E-state index in [2.05, 4.69) is 41.4 Å². The molecule has 9 rings (SSSR count). The molecule has 9 aromatic rings. The average molecular weight is 622 g/mol. The number of rotatable bonds is 6. The molecule has 0 aliphatic heterocycles. The second-order valence-electron chi connectivity index (χ2n) is 11.6. The summed E-state index contributed by atoms with van der Waals surface area (Å²) in [6.45, 7) is 0. The van der Waals surface area contributed by atoms with Crippen LogP contribution in [-0.4, -0.2) is 19.6 Å². The van der Waals surface area contributed by atoms with Crippen LogP contribution in [0.2, 0.25) is 0 Å². The van der Waals surface area contributed by atoms with Gasteiger partial charge in [0.05, 0.1) is 16.9 Å². The largest absolute Gasteiger partial charge is 0.504 e. The molecule has 6 nitrogen and oxygen atoms in total. The maximum atomic E-state index is 11.1. The number of fused-ring (bicyclic) bond motifs is 4. The van der Waals surface area contributed by atoms with E-state index in [4.69, 9.17) is 14.1 Å². The summed E-state index contributed by atoms with van der Waals surface area (Å²) in [4.78, 5) is 9.79. The van der Waals surface area contributed by atoms with E-state index in [1.54, 1.807) is 6.07 Å². The van der Waals surface area contributed by atoms with Crippen molar-refractivity contribution in [1.82, 2.24) is 14.5 Å². The summed E-state index contributed by atoms with van der Waals surface area (Å²) in [6, 6.07) is 50.5. The van der Waals surface area contributed by atoms with Crippen molar-refractivity contribution in [3.63, 3.8) is 0 Å². The first-order valence-electron chi connectivity index (χ1n) is 15.7. The van der Waals surface area contributed by atoms with Gasteiger partial charge in [-0.1, -0.05) is 84.9 Å². The number of hydrogen-bond acceptors (Lipinski definition) is 5. The molecule has 48 heavy (non-hydrogen) atoms. The molecular weight excluding hydrogens is 594 g/mol. The number of aromatic nitrogens is 3. The van der Waals surface area contributed by atoms with Crippen LogP contribution >= 0.6 is 0 Å². The summed E-state index contributed by atoms with van der Waals surface area (Å²) >= 11 is 0. The normalized spacial score (nSPS) is 11.4. The molecule has 0 spiro atoms. The molecular formula is C42H27N3O3. The highest BCUT2D eigenvalue weighted by atomic mass is 16.5. The maximum absolute atomic E-state index is 11.1. The zero-order valence-corrected chi connectivity index (χ0v) is 25.6. The number of nitrogens with zero attached hydrogens (tertiary/aromatic N) is 3. The van der Waals surface area contributed by atoms with E-state index >= 15 is 0 Å². The van der Waals surface area contributed by atoms with Crippen molar-refractivity contribution in [3.8, 4) is 56.7 Å². The van der Waals surface area contributed by atoms with Crippen LogP contribution in [0, 0.1) is 0 Å². The Morgan fingerprint density at radius 3 is 2.17 bits per heavy atom.